The zero-order valence-electron chi connectivity index (χ0n) is 18.1. The highest BCUT2D eigenvalue weighted by molar-refractivity contribution is 6.40. The SMILES string of the molecule is COc1ccc(C(=O)N(Cc2ccccc2Cl)c2c(Cl)cncc2Cl)cc1OC1CCCC1. The molecule has 1 heterocycles. The molecule has 0 saturated heterocycles. The van der Waals surface area contributed by atoms with Gasteiger partial charge in [-0.15, -0.1) is 0 Å². The van der Waals surface area contributed by atoms with Gasteiger partial charge in [-0.25, -0.2) is 0 Å². The van der Waals surface area contributed by atoms with Crippen LogP contribution in [0.25, 0.3) is 0 Å². The summed E-state index contributed by atoms with van der Waals surface area (Å²) in [5.74, 6) is 0.819. The Bertz CT molecular complexity index is 1130. The summed E-state index contributed by atoms with van der Waals surface area (Å²) in [5.41, 5.74) is 1.54. The number of nitrogens with zero attached hydrogens (tertiary/aromatic N) is 2. The Labute approximate surface area is 208 Å². The number of hydrogen-bond donors (Lipinski definition) is 0. The zero-order valence-corrected chi connectivity index (χ0v) is 20.3. The lowest BCUT2D eigenvalue weighted by Crippen LogP contribution is -2.31. The summed E-state index contributed by atoms with van der Waals surface area (Å²) < 4.78 is 11.6. The third-order valence-electron chi connectivity index (χ3n) is 5.64. The van der Waals surface area contributed by atoms with E-state index in [4.69, 9.17) is 44.3 Å². The lowest BCUT2D eigenvalue weighted by atomic mass is 10.1. The molecule has 33 heavy (non-hydrogen) atoms. The van der Waals surface area contributed by atoms with Gasteiger partial charge < -0.3 is 14.4 Å². The second-order valence-electron chi connectivity index (χ2n) is 7.82. The van der Waals surface area contributed by atoms with Gasteiger partial charge >= 0.3 is 0 Å². The Morgan fingerprint density at radius 3 is 2.36 bits per heavy atom. The summed E-state index contributed by atoms with van der Waals surface area (Å²) in [6.07, 6.45) is 7.28. The maximum Gasteiger partial charge on any atom is 0.258 e. The fraction of sp³-hybridized carbons (Fsp3) is 0.280. The topological polar surface area (TPSA) is 51.7 Å². The second-order valence-corrected chi connectivity index (χ2v) is 9.05. The predicted octanol–water partition coefficient (Wildman–Crippen LogP) is 7.22. The van der Waals surface area contributed by atoms with Gasteiger partial charge in [0.2, 0.25) is 0 Å². The molecule has 1 amide bonds. The van der Waals surface area contributed by atoms with E-state index in [0.29, 0.717) is 27.8 Å². The van der Waals surface area contributed by atoms with Crippen molar-refractivity contribution in [1.29, 1.82) is 0 Å². The van der Waals surface area contributed by atoms with Crippen LogP contribution in [0.1, 0.15) is 41.6 Å². The van der Waals surface area contributed by atoms with E-state index in [0.717, 1.165) is 31.2 Å². The highest BCUT2D eigenvalue weighted by atomic mass is 35.5. The third-order valence-corrected chi connectivity index (χ3v) is 6.56. The Morgan fingerprint density at radius 1 is 1.00 bits per heavy atom. The van der Waals surface area contributed by atoms with E-state index in [1.165, 1.54) is 17.3 Å². The number of pyridine rings is 1. The van der Waals surface area contributed by atoms with Gasteiger partial charge in [0.1, 0.15) is 0 Å². The molecule has 8 heteroatoms. The van der Waals surface area contributed by atoms with Crippen LogP contribution < -0.4 is 14.4 Å². The monoisotopic (exact) mass is 504 g/mol. The van der Waals surface area contributed by atoms with E-state index in [2.05, 4.69) is 4.98 Å². The summed E-state index contributed by atoms with van der Waals surface area (Å²) in [5, 5.41) is 1.06. The molecule has 1 saturated carbocycles. The molecule has 172 valence electrons. The van der Waals surface area contributed by atoms with Gasteiger partial charge in [0, 0.05) is 23.0 Å². The maximum atomic E-state index is 13.8. The number of methoxy groups -OCH3 is 1. The van der Waals surface area contributed by atoms with Gasteiger partial charge in [-0.3, -0.25) is 9.78 Å². The maximum absolute atomic E-state index is 13.8. The van der Waals surface area contributed by atoms with Gasteiger partial charge in [0.05, 0.1) is 35.5 Å². The summed E-state index contributed by atoms with van der Waals surface area (Å²) in [4.78, 5) is 19.3. The van der Waals surface area contributed by atoms with Crippen molar-refractivity contribution in [2.75, 3.05) is 12.0 Å². The Hall–Kier alpha value is -2.47. The number of benzene rings is 2. The number of aromatic nitrogens is 1. The molecule has 0 spiro atoms. The smallest absolute Gasteiger partial charge is 0.258 e. The lowest BCUT2D eigenvalue weighted by molar-refractivity contribution is 0.0984. The number of amides is 1. The van der Waals surface area contributed by atoms with Crippen molar-refractivity contribution < 1.29 is 14.3 Å². The van der Waals surface area contributed by atoms with Gasteiger partial charge in [0.25, 0.3) is 5.91 Å². The van der Waals surface area contributed by atoms with Crippen LogP contribution in [-0.2, 0) is 6.54 Å². The van der Waals surface area contributed by atoms with Crippen molar-refractivity contribution in [2.45, 2.75) is 38.3 Å². The van der Waals surface area contributed by atoms with Gasteiger partial charge in [-0.2, -0.15) is 0 Å². The van der Waals surface area contributed by atoms with E-state index in [1.54, 1.807) is 31.4 Å². The number of anilines is 1. The predicted molar refractivity (Wildman–Crippen MR) is 132 cm³/mol. The van der Waals surface area contributed by atoms with E-state index in [-0.39, 0.29) is 28.6 Å². The van der Waals surface area contributed by atoms with E-state index < -0.39 is 0 Å². The van der Waals surface area contributed by atoms with Crippen molar-refractivity contribution in [3.63, 3.8) is 0 Å². The van der Waals surface area contributed by atoms with E-state index in [9.17, 15) is 4.79 Å². The summed E-state index contributed by atoms with van der Waals surface area (Å²) in [6.45, 7) is 0.173. The molecular weight excluding hydrogens is 483 g/mol. The third kappa shape index (κ3) is 5.37. The minimum atomic E-state index is -0.302. The molecule has 1 fully saturated rings. The molecule has 0 aliphatic heterocycles. The number of carbonyl (C=O) groups excluding carboxylic acids is 1. The van der Waals surface area contributed by atoms with Gasteiger partial charge in [0.15, 0.2) is 11.5 Å². The van der Waals surface area contributed by atoms with Gasteiger partial charge in [-0.05, 0) is 55.5 Å². The molecule has 5 nitrogen and oxygen atoms in total. The first kappa shape index (κ1) is 23.7. The number of hydrogen-bond acceptors (Lipinski definition) is 4. The highest BCUT2D eigenvalue weighted by Crippen LogP contribution is 2.37. The molecule has 0 bridgehead atoms. The summed E-state index contributed by atoms with van der Waals surface area (Å²) in [7, 11) is 1.58. The van der Waals surface area contributed by atoms with Crippen LogP contribution in [0.2, 0.25) is 15.1 Å². The van der Waals surface area contributed by atoms with Crippen LogP contribution in [0.15, 0.2) is 54.9 Å². The Morgan fingerprint density at radius 2 is 1.70 bits per heavy atom. The van der Waals surface area contributed by atoms with Crippen LogP contribution in [0.5, 0.6) is 11.5 Å². The highest BCUT2D eigenvalue weighted by Gasteiger charge is 2.26. The number of rotatable bonds is 7. The fourth-order valence-electron chi connectivity index (χ4n) is 3.96. The number of ether oxygens (including phenoxy) is 2. The van der Waals surface area contributed by atoms with Crippen LogP contribution in [0.4, 0.5) is 5.69 Å². The van der Waals surface area contributed by atoms with Gasteiger partial charge in [-0.1, -0.05) is 53.0 Å². The summed E-state index contributed by atoms with van der Waals surface area (Å²) in [6, 6.07) is 12.5. The van der Waals surface area contributed by atoms with Crippen LogP contribution >= 0.6 is 34.8 Å². The summed E-state index contributed by atoms with van der Waals surface area (Å²) >= 11 is 19.3. The first-order valence-electron chi connectivity index (χ1n) is 10.7. The Kier molecular flexibility index (Phi) is 7.63. The average molecular weight is 506 g/mol. The van der Waals surface area contributed by atoms with Crippen molar-refractivity contribution in [2.24, 2.45) is 0 Å². The van der Waals surface area contributed by atoms with Crippen LogP contribution in [-0.4, -0.2) is 24.1 Å². The first-order chi connectivity index (χ1) is 16.0. The van der Waals surface area contributed by atoms with Crippen LogP contribution in [0, 0.1) is 0 Å². The molecule has 0 radical (unpaired) electrons. The second kappa shape index (κ2) is 10.6. The van der Waals surface area contributed by atoms with Crippen molar-refractivity contribution in [3.05, 3.63) is 81.1 Å². The normalized spacial score (nSPS) is 13.7. The van der Waals surface area contributed by atoms with Crippen molar-refractivity contribution in [1.82, 2.24) is 4.98 Å². The lowest BCUT2D eigenvalue weighted by Gasteiger charge is -2.26. The molecule has 0 N–H and O–H groups in total. The quantitative estimate of drug-likeness (QED) is 0.340. The van der Waals surface area contributed by atoms with E-state index >= 15 is 0 Å². The standard InChI is InChI=1S/C25H23Cl3N2O3/c1-32-22-11-10-16(12-23(22)33-18-7-3-4-8-18)25(31)30(15-17-6-2-5-9-19(17)26)24-20(27)13-29-14-21(24)28/h2,5-6,9-14,18H,3-4,7-8,15H2,1H3. The molecular formula is C25H23Cl3N2O3. The zero-order chi connectivity index (χ0) is 23.4. The van der Waals surface area contributed by atoms with Crippen LogP contribution in [0.3, 0.4) is 0 Å². The fourth-order valence-corrected chi connectivity index (χ4v) is 4.72. The molecule has 4 rings (SSSR count). The minimum absolute atomic E-state index is 0.118. The number of halogens is 3. The first-order valence-corrected chi connectivity index (χ1v) is 11.8. The molecule has 0 unspecified atom stereocenters. The average Bonchev–Trinajstić information content (AvgIpc) is 3.32. The molecule has 1 aliphatic carbocycles. The largest absolute Gasteiger partial charge is 0.493 e. The van der Waals surface area contributed by atoms with E-state index in [1.807, 2.05) is 18.2 Å². The molecule has 1 aromatic heterocycles. The molecule has 3 aromatic rings. The molecule has 2 aromatic carbocycles. The minimum Gasteiger partial charge on any atom is -0.493 e. The number of carbonyl (C=O) groups is 1. The molecule has 1 aliphatic rings. The van der Waals surface area contributed by atoms with Crippen molar-refractivity contribution >= 4 is 46.4 Å². The molecule has 0 atom stereocenters. The van der Waals surface area contributed by atoms with Crippen molar-refractivity contribution in [3.8, 4) is 11.5 Å². The Balaban J connectivity index is 1.74.